The van der Waals surface area contributed by atoms with Crippen LogP contribution in [-0.2, 0) is 0 Å². The van der Waals surface area contributed by atoms with Crippen molar-refractivity contribution in [3.8, 4) is 0 Å². The Labute approximate surface area is 45.0 Å². The Morgan fingerprint density at radius 3 is 2.00 bits per heavy atom. The highest BCUT2D eigenvalue weighted by Gasteiger charge is 1.82. The normalized spacial score (nSPS) is 15.0. The molecule has 3 heteroatoms. The summed E-state index contributed by atoms with van der Waals surface area (Å²) in [6, 6.07) is 0. The van der Waals surface area contributed by atoms with Gasteiger partial charge in [-0.15, -0.1) is 0 Å². The summed E-state index contributed by atoms with van der Waals surface area (Å²) in [5.74, 6) is 0. The van der Waals surface area contributed by atoms with Crippen LogP contribution in [0.4, 0.5) is 0 Å². The molecule has 0 aromatic rings. The third kappa shape index (κ3) is 4.65. The summed E-state index contributed by atoms with van der Waals surface area (Å²) < 4.78 is 0.132. The zero-order chi connectivity index (χ0) is 4.28. The Morgan fingerprint density at radius 1 is 1.80 bits per heavy atom. The lowest BCUT2D eigenvalue weighted by atomic mass is 10.7. The van der Waals surface area contributed by atoms with E-state index < -0.39 is 0 Å². The summed E-state index contributed by atoms with van der Waals surface area (Å²) in [5.41, 5.74) is 10.2. The molecular formula is C2H7IN2. The fraction of sp³-hybridized carbons (Fsp3) is 1.00. The van der Waals surface area contributed by atoms with Crippen molar-refractivity contribution < 1.29 is 0 Å². The Hall–Kier alpha value is 0.650. The van der Waals surface area contributed by atoms with Crippen molar-refractivity contribution in [3.05, 3.63) is 0 Å². The van der Waals surface area contributed by atoms with E-state index in [9.17, 15) is 0 Å². The van der Waals surface area contributed by atoms with E-state index in [1.165, 1.54) is 0 Å². The van der Waals surface area contributed by atoms with Crippen LogP contribution in [0.5, 0.6) is 0 Å². The van der Waals surface area contributed by atoms with Crippen LogP contribution in [0.1, 0.15) is 0 Å². The van der Waals surface area contributed by atoms with Crippen molar-refractivity contribution in [1.82, 2.24) is 0 Å². The number of nitrogens with two attached hydrogens (primary N) is 2. The van der Waals surface area contributed by atoms with Gasteiger partial charge in [0.25, 0.3) is 0 Å². The molecule has 0 amide bonds. The second kappa shape index (κ2) is 2.87. The van der Waals surface area contributed by atoms with Crippen LogP contribution in [0.3, 0.4) is 0 Å². The molecule has 0 spiro atoms. The zero-order valence-electron chi connectivity index (χ0n) is 2.82. The first-order valence-electron chi connectivity index (χ1n) is 1.37. The van der Waals surface area contributed by atoms with Crippen molar-refractivity contribution in [2.24, 2.45) is 11.5 Å². The highest BCUT2D eigenvalue weighted by Crippen LogP contribution is 1.82. The number of rotatable bonds is 1. The molecule has 1 atom stereocenters. The molecule has 1 unspecified atom stereocenters. The van der Waals surface area contributed by atoms with E-state index in [0.29, 0.717) is 6.54 Å². The third-order valence-electron chi connectivity index (χ3n) is 0.225. The molecule has 0 aromatic carbocycles. The molecule has 0 aliphatic carbocycles. The van der Waals surface area contributed by atoms with Gasteiger partial charge in [-0.05, 0) is 0 Å². The van der Waals surface area contributed by atoms with Crippen LogP contribution < -0.4 is 11.5 Å². The number of hydrogen-bond donors (Lipinski definition) is 2. The van der Waals surface area contributed by atoms with E-state index in [1.54, 1.807) is 0 Å². The quantitative estimate of drug-likeness (QED) is 0.334. The van der Waals surface area contributed by atoms with Crippen LogP contribution in [0.15, 0.2) is 0 Å². The summed E-state index contributed by atoms with van der Waals surface area (Å²) in [6.07, 6.45) is 0. The van der Waals surface area contributed by atoms with Gasteiger partial charge >= 0.3 is 0 Å². The molecule has 32 valence electrons. The van der Waals surface area contributed by atoms with Gasteiger partial charge in [0, 0.05) is 6.54 Å². The number of hydrogen-bond acceptors (Lipinski definition) is 2. The van der Waals surface area contributed by atoms with Gasteiger partial charge < -0.3 is 11.5 Å². The summed E-state index contributed by atoms with van der Waals surface area (Å²) in [6.45, 7) is 0.570. The van der Waals surface area contributed by atoms with Crippen LogP contribution in [-0.4, -0.2) is 10.6 Å². The van der Waals surface area contributed by atoms with Gasteiger partial charge in [0.1, 0.15) is 0 Å². The maximum absolute atomic E-state index is 5.15. The van der Waals surface area contributed by atoms with Crippen LogP contribution in [0.2, 0.25) is 0 Å². The predicted octanol–water partition coefficient (Wildman–Crippen LogP) is -0.335. The maximum atomic E-state index is 5.15. The number of halogens is 1. The number of alkyl halides is 1. The first kappa shape index (κ1) is 5.65. The average Bonchev–Trinajstić information content (AvgIpc) is 1.38. The van der Waals surface area contributed by atoms with E-state index in [-0.39, 0.29) is 4.05 Å². The van der Waals surface area contributed by atoms with E-state index in [2.05, 4.69) is 22.6 Å². The summed E-state index contributed by atoms with van der Waals surface area (Å²) in [4.78, 5) is 0. The first-order chi connectivity index (χ1) is 2.27. The molecule has 0 heterocycles. The molecule has 0 rings (SSSR count). The first-order valence-corrected chi connectivity index (χ1v) is 2.61. The summed E-state index contributed by atoms with van der Waals surface area (Å²) in [7, 11) is 0. The van der Waals surface area contributed by atoms with Crippen molar-refractivity contribution in [3.63, 3.8) is 0 Å². The smallest absolute Gasteiger partial charge is 0.0692 e. The van der Waals surface area contributed by atoms with Crippen molar-refractivity contribution in [1.29, 1.82) is 0 Å². The van der Waals surface area contributed by atoms with Gasteiger partial charge in [-0.2, -0.15) is 0 Å². The molecule has 0 bridgehead atoms. The topological polar surface area (TPSA) is 52.0 Å². The van der Waals surface area contributed by atoms with E-state index in [4.69, 9.17) is 11.5 Å². The lowest BCUT2D eigenvalue weighted by molar-refractivity contribution is 0.945. The average molecular weight is 186 g/mol. The molecule has 0 radical (unpaired) electrons. The minimum absolute atomic E-state index is 0.132. The maximum Gasteiger partial charge on any atom is 0.0692 e. The van der Waals surface area contributed by atoms with Gasteiger partial charge in [0.15, 0.2) is 0 Å². The molecular weight excluding hydrogens is 179 g/mol. The molecule has 0 aromatic heterocycles. The molecule has 0 aliphatic rings. The molecule has 5 heavy (non-hydrogen) atoms. The zero-order valence-corrected chi connectivity index (χ0v) is 4.97. The molecule has 0 aliphatic heterocycles. The summed E-state index contributed by atoms with van der Waals surface area (Å²) >= 11 is 2.06. The Balaban J connectivity index is 2.54. The van der Waals surface area contributed by atoms with Crippen LogP contribution in [0, 0.1) is 0 Å². The standard InChI is InChI=1S/C2H7IN2/c3-2(5)1-4/h2H,1,4-5H2. The fourth-order valence-corrected chi connectivity index (χ4v) is 0. The molecule has 0 fully saturated rings. The predicted molar refractivity (Wildman–Crippen MR) is 31.0 cm³/mol. The monoisotopic (exact) mass is 186 g/mol. The highest BCUT2D eigenvalue weighted by molar-refractivity contribution is 14.1. The largest absolute Gasteiger partial charge is 0.328 e. The Morgan fingerprint density at radius 2 is 2.00 bits per heavy atom. The minimum Gasteiger partial charge on any atom is -0.328 e. The van der Waals surface area contributed by atoms with Gasteiger partial charge in [-0.1, -0.05) is 22.6 Å². The Kier molecular flexibility index (Phi) is 3.24. The van der Waals surface area contributed by atoms with Crippen molar-refractivity contribution in [2.45, 2.75) is 4.05 Å². The third-order valence-corrected chi connectivity index (χ3v) is 0.734. The van der Waals surface area contributed by atoms with Crippen molar-refractivity contribution in [2.75, 3.05) is 6.54 Å². The van der Waals surface area contributed by atoms with Crippen molar-refractivity contribution >= 4 is 22.6 Å². The lowest BCUT2D eigenvalue weighted by Gasteiger charge is -1.89. The van der Waals surface area contributed by atoms with E-state index in [0.717, 1.165) is 0 Å². The van der Waals surface area contributed by atoms with E-state index >= 15 is 0 Å². The highest BCUT2D eigenvalue weighted by atomic mass is 127. The second-order valence-corrected chi connectivity index (χ2v) is 2.35. The van der Waals surface area contributed by atoms with Gasteiger partial charge in [-0.25, -0.2) is 0 Å². The van der Waals surface area contributed by atoms with Gasteiger partial charge in [0.2, 0.25) is 0 Å². The second-order valence-electron chi connectivity index (χ2n) is 0.752. The minimum atomic E-state index is 0.132. The molecule has 4 N–H and O–H groups in total. The molecule has 0 saturated carbocycles. The fourth-order valence-electron chi connectivity index (χ4n) is 0. The molecule has 0 saturated heterocycles. The SMILES string of the molecule is NCC(N)I. The van der Waals surface area contributed by atoms with Crippen LogP contribution >= 0.6 is 22.6 Å². The Bertz CT molecular complexity index is 21.6. The van der Waals surface area contributed by atoms with Crippen LogP contribution in [0.25, 0.3) is 0 Å². The van der Waals surface area contributed by atoms with Gasteiger partial charge in [-0.3, -0.25) is 0 Å². The van der Waals surface area contributed by atoms with Gasteiger partial charge in [0.05, 0.1) is 4.05 Å². The summed E-state index contributed by atoms with van der Waals surface area (Å²) in [5, 5.41) is 0. The van der Waals surface area contributed by atoms with E-state index in [1.807, 2.05) is 0 Å². The lowest BCUT2D eigenvalue weighted by Crippen LogP contribution is -2.21. The molecule has 2 nitrogen and oxygen atoms in total.